The minimum Gasteiger partial charge on any atom is -0.493 e. The summed E-state index contributed by atoms with van der Waals surface area (Å²) in [6, 6.07) is 5.08. The fourth-order valence-electron chi connectivity index (χ4n) is 4.56. The smallest absolute Gasteiger partial charge is 0.325 e. The van der Waals surface area contributed by atoms with Crippen LogP contribution >= 0.6 is 0 Å². The van der Waals surface area contributed by atoms with E-state index in [0.717, 1.165) is 29.7 Å². The van der Waals surface area contributed by atoms with Gasteiger partial charge in [0.25, 0.3) is 5.91 Å². The molecule has 3 rings (SSSR count). The van der Waals surface area contributed by atoms with Crippen molar-refractivity contribution in [2.24, 2.45) is 5.92 Å². The zero-order valence-electron chi connectivity index (χ0n) is 18.9. The summed E-state index contributed by atoms with van der Waals surface area (Å²) in [4.78, 5) is 41.4. The second-order valence-corrected chi connectivity index (χ2v) is 8.27. The summed E-state index contributed by atoms with van der Waals surface area (Å²) < 4.78 is 10.9. The molecule has 0 radical (unpaired) electrons. The Bertz CT molecular complexity index is 843. The average Bonchev–Trinajstić information content (AvgIpc) is 2.99. The summed E-state index contributed by atoms with van der Waals surface area (Å²) in [7, 11) is 1.57. The number of carbonyl (C=O) groups is 3. The maximum Gasteiger partial charge on any atom is 0.325 e. The van der Waals surface area contributed by atoms with Gasteiger partial charge in [0, 0.05) is 13.1 Å². The first-order valence-electron chi connectivity index (χ1n) is 11.1. The quantitative estimate of drug-likeness (QED) is 0.640. The van der Waals surface area contributed by atoms with Crippen LogP contribution in [-0.2, 0) is 16.1 Å². The Hall–Kier alpha value is -2.77. The number of methoxy groups -OCH3 is 1. The molecule has 1 saturated heterocycles. The van der Waals surface area contributed by atoms with Crippen LogP contribution in [0.15, 0.2) is 18.2 Å². The van der Waals surface area contributed by atoms with Crippen LogP contribution < -0.4 is 14.8 Å². The van der Waals surface area contributed by atoms with Gasteiger partial charge >= 0.3 is 6.03 Å². The largest absolute Gasteiger partial charge is 0.493 e. The van der Waals surface area contributed by atoms with Crippen molar-refractivity contribution in [3.63, 3.8) is 0 Å². The summed E-state index contributed by atoms with van der Waals surface area (Å²) >= 11 is 0. The Balaban J connectivity index is 1.70. The van der Waals surface area contributed by atoms with Gasteiger partial charge in [-0.3, -0.25) is 14.5 Å². The zero-order valence-corrected chi connectivity index (χ0v) is 18.9. The SMILES string of the molecule is CCOc1ccc(CN(CC)C(=O)CN2C(=O)N[C@@]3(CCCC[C@@H]3C)C2=O)cc1OC. The minimum atomic E-state index is -0.852. The number of amides is 4. The van der Waals surface area contributed by atoms with Gasteiger partial charge in [-0.25, -0.2) is 4.79 Å². The minimum absolute atomic E-state index is 0.0661. The molecule has 1 saturated carbocycles. The summed E-state index contributed by atoms with van der Waals surface area (Å²) in [6.45, 7) is 6.87. The van der Waals surface area contributed by atoms with E-state index in [9.17, 15) is 14.4 Å². The third-order valence-electron chi connectivity index (χ3n) is 6.43. The topological polar surface area (TPSA) is 88.2 Å². The van der Waals surface area contributed by atoms with E-state index < -0.39 is 11.6 Å². The molecule has 1 aliphatic heterocycles. The highest BCUT2D eigenvalue weighted by Gasteiger charge is 2.55. The molecule has 1 aromatic carbocycles. The number of nitrogens with one attached hydrogen (secondary N) is 1. The van der Waals surface area contributed by atoms with E-state index >= 15 is 0 Å². The molecule has 0 unspecified atom stereocenters. The lowest BCUT2D eigenvalue weighted by molar-refractivity contribution is -0.140. The van der Waals surface area contributed by atoms with Crippen molar-refractivity contribution >= 4 is 17.8 Å². The van der Waals surface area contributed by atoms with Crippen molar-refractivity contribution in [2.45, 2.75) is 58.5 Å². The molecular weight excluding hydrogens is 398 g/mol. The van der Waals surface area contributed by atoms with Crippen molar-refractivity contribution in [2.75, 3.05) is 26.8 Å². The molecule has 1 aromatic rings. The number of carbonyl (C=O) groups excluding carboxylic acids is 3. The fraction of sp³-hybridized carbons (Fsp3) is 0.609. The molecule has 1 heterocycles. The summed E-state index contributed by atoms with van der Waals surface area (Å²) in [5.74, 6) is 0.784. The van der Waals surface area contributed by atoms with Crippen molar-refractivity contribution in [1.29, 1.82) is 0 Å². The standard InChI is InChI=1S/C23H33N3O5/c1-5-25(14-17-10-11-18(31-6-2)19(13-17)30-4)20(27)15-26-21(28)23(24-22(26)29)12-8-7-9-16(23)3/h10-11,13,16H,5-9,12,14-15H2,1-4H3,(H,24,29)/t16-,23+/m0/s1. The molecule has 4 amide bonds. The van der Waals surface area contributed by atoms with Gasteiger partial charge in [-0.15, -0.1) is 0 Å². The van der Waals surface area contributed by atoms with E-state index in [-0.39, 0.29) is 24.3 Å². The van der Waals surface area contributed by atoms with Crippen LogP contribution in [0.3, 0.4) is 0 Å². The molecular formula is C23H33N3O5. The summed E-state index contributed by atoms with van der Waals surface area (Å²) in [5, 5.41) is 2.90. The molecule has 2 atom stereocenters. The van der Waals surface area contributed by atoms with E-state index in [0.29, 0.717) is 37.6 Å². The van der Waals surface area contributed by atoms with Crippen LogP contribution in [0.5, 0.6) is 11.5 Å². The Kier molecular flexibility index (Phi) is 7.08. The molecule has 2 fully saturated rings. The lowest BCUT2D eigenvalue weighted by Gasteiger charge is -2.36. The van der Waals surface area contributed by atoms with Crippen molar-refractivity contribution < 1.29 is 23.9 Å². The van der Waals surface area contributed by atoms with Crippen LogP contribution in [0.2, 0.25) is 0 Å². The first-order valence-corrected chi connectivity index (χ1v) is 11.1. The van der Waals surface area contributed by atoms with Crippen molar-refractivity contribution in [3.05, 3.63) is 23.8 Å². The molecule has 8 nitrogen and oxygen atoms in total. The average molecular weight is 432 g/mol. The van der Waals surface area contributed by atoms with Gasteiger partial charge in [0.15, 0.2) is 11.5 Å². The number of rotatable bonds is 8. The number of hydrogen-bond donors (Lipinski definition) is 1. The third-order valence-corrected chi connectivity index (χ3v) is 6.43. The van der Waals surface area contributed by atoms with Gasteiger partial charge in [-0.1, -0.05) is 25.8 Å². The number of urea groups is 1. The molecule has 8 heteroatoms. The van der Waals surface area contributed by atoms with Crippen LogP contribution in [0, 0.1) is 5.92 Å². The van der Waals surface area contributed by atoms with Crippen LogP contribution in [0.1, 0.15) is 52.0 Å². The highest BCUT2D eigenvalue weighted by atomic mass is 16.5. The molecule has 170 valence electrons. The van der Waals surface area contributed by atoms with Gasteiger partial charge in [-0.05, 0) is 50.3 Å². The monoisotopic (exact) mass is 431 g/mol. The number of hydrogen-bond acceptors (Lipinski definition) is 5. The third kappa shape index (κ3) is 4.48. The van der Waals surface area contributed by atoms with E-state index in [4.69, 9.17) is 9.47 Å². The second-order valence-electron chi connectivity index (χ2n) is 8.27. The number of nitrogens with zero attached hydrogens (tertiary/aromatic N) is 2. The van der Waals surface area contributed by atoms with Gasteiger partial charge in [0.2, 0.25) is 5.91 Å². The Labute approximate surface area is 183 Å². The van der Waals surface area contributed by atoms with Gasteiger partial charge in [-0.2, -0.15) is 0 Å². The first-order chi connectivity index (χ1) is 14.9. The molecule has 2 aliphatic rings. The van der Waals surface area contributed by atoms with Gasteiger partial charge in [0.05, 0.1) is 13.7 Å². The van der Waals surface area contributed by atoms with E-state index in [1.165, 1.54) is 0 Å². The Morgan fingerprint density at radius 1 is 1.26 bits per heavy atom. The highest BCUT2D eigenvalue weighted by Crippen LogP contribution is 2.38. The molecule has 0 aromatic heterocycles. The highest BCUT2D eigenvalue weighted by molar-refractivity contribution is 6.09. The predicted molar refractivity (Wildman–Crippen MR) is 116 cm³/mol. The zero-order chi connectivity index (χ0) is 22.6. The predicted octanol–water partition coefficient (Wildman–Crippen LogP) is 2.94. The summed E-state index contributed by atoms with van der Waals surface area (Å²) in [6.07, 6.45) is 3.49. The van der Waals surface area contributed by atoms with Gasteiger partial charge in [0.1, 0.15) is 12.1 Å². The molecule has 1 N–H and O–H groups in total. The van der Waals surface area contributed by atoms with Gasteiger partial charge < -0.3 is 19.7 Å². The van der Waals surface area contributed by atoms with Crippen LogP contribution in [0.25, 0.3) is 0 Å². The Morgan fingerprint density at radius 2 is 2.03 bits per heavy atom. The van der Waals surface area contributed by atoms with Crippen molar-refractivity contribution in [1.82, 2.24) is 15.1 Å². The van der Waals surface area contributed by atoms with E-state index in [1.807, 2.05) is 39.0 Å². The number of benzene rings is 1. The fourth-order valence-corrected chi connectivity index (χ4v) is 4.56. The van der Waals surface area contributed by atoms with E-state index in [2.05, 4.69) is 5.32 Å². The maximum absolute atomic E-state index is 13.1. The van der Waals surface area contributed by atoms with Crippen molar-refractivity contribution in [3.8, 4) is 11.5 Å². The molecule has 0 bridgehead atoms. The first kappa shape index (κ1) is 22.9. The number of likely N-dealkylation sites (N-methyl/N-ethyl adjacent to an activating group) is 1. The second kappa shape index (κ2) is 9.58. The lowest BCUT2D eigenvalue weighted by Crippen LogP contribution is -2.54. The van der Waals surface area contributed by atoms with Crippen LogP contribution in [-0.4, -0.2) is 60.0 Å². The normalized spacial score (nSPS) is 23.1. The Morgan fingerprint density at radius 3 is 2.68 bits per heavy atom. The van der Waals surface area contributed by atoms with E-state index in [1.54, 1.807) is 12.0 Å². The molecule has 31 heavy (non-hydrogen) atoms. The van der Waals surface area contributed by atoms with Crippen LogP contribution in [0.4, 0.5) is 4.79 Å². The number of ether oxygens (including phenoxy) is 2. The summed E-state index contributed by atoms with van der Waals surface area (Å²) in [5.41, 5.74) is 0.0276. The lowest BCUT2D eigenvalue weighted by atomic mass is 9.73. The molecule has 1 aliphatic carbocycles. The number of imide groups is 1. The maximum atomic E-state index is 13.1. The molecule has 1 spiro atoms.